The molecule has 0 amide bonds. The number of likely N-dealkylation sites (tertiary alicyclic amines) is 1. The van der Waals surface area contributed by atoms with E-state index in [1.807, 2.05) is 20.3 Å². The molecule has 1 atom stereocenters. The summed E-state index contributed by atoms with van der Waals surface area (Å²) in [6.07, 6.45) is 3.25. The zero-order chi connectivity index (χ0) is 11.6. The third-order valence-corrected chi connectivity index (χ3v) is 3.28. The van der Waals surface area contributed by atoms with Crippen LogP contribution < -0.4 is 5.32 Å². The van der Waals surface area contributed by atoms with Crippen molar-refractivity contribution < 1.29 is 0 Å². The molecule has 0 aromatic carbocycles. The molecule has 1 fully saturated rings. The van der Waals surface area contributed by atoms with Crippen LogP contribution in [-0.2, 0) is 13.6 Å². The summed E-state index contributed by atoms with van der Waals surface area (Å²) in [5, 5.41) is 11.4. The van der Waals surface area contributed by atoms with Crippen molar-refractivity contribution in [1.29, 1.82) is 0 Å². The third-order valence-electron chi connectivity index (χ3n) is 3.28. The maximum Gasteiger partial charge on any atom is 0.0967 e. The van der Waals surface area contributed by atoms with Gasteiger partial charge in [-0.3, -0.25) is 9.58 Å². The number of rotatable bonds is 4. The van der Waals surface area contributed by atoms with Gasteiger partial charge in [0.1, 0.15) is 0 Å². The first-order chi connectivity index (χ1) is 7.61. The fourth-order valence-corrected chi connectivity index (χ4v) is 2.53. The fraction of sp³-hybridized carbons (Fsp3) is 0.818. The predicted molar refractivity (Wildman–Crippen MR) is 62.9 cm³/mol. The maximum absolute atomic E-state index is 4.13. The summed E-state index contributed by atoms with van der Waals surface area (Å²) in [5.41, 5.74) is 1.48. The maximum atomic E-state index is 4.13. The monoisotopic (exact) mass is 223 g/mol. The van der Waals surface area contributed by atoms with Gasteiger partial charge in [0.05, 0.1) is 5.69 Å². The molecule has 1 aromatic rings. The number of nitrogens with zero attached hydrogens (tertiary/aromatic N) is 4. The normalized spacial score (nSPS) is 26.4. The third kappa shape index (κ3) is 2.59. The van der Waals surface area contributed by atoms with Crippen LogP contribution in [0.25, 0.3) is 0 Å². The first kappa shape index (κ1) is 11.5. The van der Waals surface area contributed by atoms with E-state index in [4.69, 9.17) is 0 Å². The lowest BCUT2D eigenvalue weighted by Crippen LogP contribution is -2.32. The minimum Gasteiger partial charge on any atom is -0.319 e. The van der Waals surface area contributed by atoms with Gasteiger partial charge < -0.3 is 5.32 Å². The number of nitrogens with one attached hydrogen (secondary N) is 1. The summed E-state index contributed by atoms with van der Waals surface area (Å²) in [6, 6.07) is 0. The SMILES string of the molecule is CNCC1(C)CCN(Cc2cn(C)nn2)C1. The molecule has 0 spiro atoms. The van der Waals surface area contributed by atoms with Gasteiger partial charge in [-0.1, -0.05) is 12.1 Å². The summed E-state index contributed by atoms with van der Waals surface area (Å²) in [7, 11) is 3.93. The van der Waals surface area contributed by atoms with Gasteiger partial charge in [-0.15, -0.1) is 5.10 Å². The fourth-order valence-electron chi connectivity index (χ4n) is 2.53. The van der Waals surface area contributed by atoms with Crippen LogP contribution in [-0.4, -0.2) is 46.6 Å². The highest BCUT2D eigenvalue weighted by molar-refractivity contribution is 4.95. The Kier molecular flexibility index (Phi) is 3.25. The molecular formula is C11H21N5. The molecule has 90 valence electrons. The van der Waals surface area contributed by atoms with E-state index in [1.54, 1.807) is 4.68 Å². The van der Waals surface area contributed by atoms with E-state index in [9.17, 15) is 0 Å². The standard InChI is InChI=1S/C11H21N5/c1-11(8-12-2)4-5-16(9-11)7-10-6-15(3)14-13-10/h6,12H,4-5,7-9H2,1-3H3. The molecule has 0 radical (unpaired) electrons. The van der Waals surface area contributed by atoms with Crippen LogP contribution in [0.4, 0.5) is 0 Å². The molecule has 0 bridgehead atoms. The lowest BCUT2D eigenvalue weighted by molar-refractivity contribution is 0.263. The van der Waals surface area contributed by atoms with E-state index in [-0.39, 0.29) is 0 Å². The molecule has 0 saturated carbocycles. The predicted octanol–water partition coefficient (Wildman–Crippen LogP) is 0.246. The summed E-state index contributed by atoms with van der Waals surface area (Å²) < 4.78 is 1.76. The highest BCUT2D eigenvalue weighted by atomic mass is 15.4. The molecule has 0 aliphatic carbocycles. The quantitative estimate of drug-likeness (QED) is 0.794. The lowest BCUT2D eigenvalue weighted by Gasteiger charge is -2.23. The molecular weight excluding hydrogens is 202 g/mol. The minimum absolute atomic E-state index is 0.414. The molecule has 1 saturated heterocycles. The Morgan fingerprint density at radius 3 is 3.00 bits per heavy atom. The van der Waals surface area contributed by atoms with Gasteiger partial charge >= 0.3 is 0 Å². The van der Waals surface area contributed by atoms with Gasteiger partial charge in [0.25, 0.3) is 0 Å². The van der Waals surface area contributed by atoms with Gasteiger partial charge in [-0.05, 0) is 25.4 Å². The Morgan fingerprint density at radius 2 is 2.38 bits per heavy atom. The summed E-state index contributed by atoms with van der Waals surface area (Å²) in [5.74, 6) is 0. The number of aromatic nitrogens is 3. The zero-order valence-electron chi connectivity index (χ0n) is 10.4. The second-order valence-corrected chi connectivity index (χ2v) is 5.19. The smallest absolute Gasteiger partial charge is 0.0967 e. The molecule has 1 aliphatic rings. The first-order valence-corrected chi connectivity index (χ1v) is 5.83. The van der Waals surface area contributed by atoms with Crippen molar-refractivity contribution in [2.45, 2.75) is 19.9 Å². The lowest BCUT2D eigenvalue weighted by atomic mass is 9.90. The van der Waals surface area contributed by atoms with Gasteiger partial charge in [0, 0.05) is 32.9 Å². The van der Waals surface area contributed by atoms with Crippen LogP contribution in [0.1, 0.15) is 19.0 Å². The van der Waals surface area contributed by atoms with Crippen molar-refractivity contribution in [3.8, 4) is 0 Å². The minimum atomic E-state index is 0.414. The Hall–Kier alpha value is -0.940. The molecule has 1 aromatic heterocycles. The van der Waals surface area contributed by atoms with Crippen LogP contribution in [0.2, 0.25) is 0 Å². The molecule has 16 heavy (non-hydrogen) atoms. The summed E-state index contributed by atoms with van der Waals surface area (Å²) in [6.45, 7) is 6.66. The molecule has 5 heteroatoms. The molecule has 2 heterocycles. The topological polar surface area (TPSA) is 46.0 Å². The van der Waals surface area contributed by atoms with Gasteiger partial charge in [-0.2, -0.15) is 0 Å². The Bertz CT molecular complexity index is 348. The second-order valence-electron chi connectivity index (χ2n) is 5.19. The van der Waals surface area contributed by atoms with Crippen molar-refractivity contribution in [3.63, 3.8) is 0 Å². The number of aryl methyl sites for hydroxylation is 1. The van der Waals surface area contributed by atoms with E-state index in [2.05, 4.69) is 27.5 Å². The van der Waals surface area contributed by atoms with E-state index >= 15 is 0 Å². The Labute approximate surface area is 96.8 Å². The first-order valence-electron chi connectivity index (χ1n) is 5.83. The van der Waals surface area contributed by atoms with E-state index in [1.165, 1.54) is 6.42 Å². The average Bonchev–Trinajstić information content (AvgIpc) is 2.75. The van der Waals surface area contributed by atoms with Crippen molar-refractivity contribution in [2.24, 2.45) is 12.5 Å². The molecule has 1 aliphatic heterocycles. The van der Waals surface area contributed by atoms with Crippen molar-refractivity contribution in [2.75, 3.05) is 26.7 Å². The molecule has 5 nitrogen and oxygen atoms in total. The summed E-state index contributed by atoms with van der Waals surface area (Å²) in [4.78, 5) is 2.46. The Morgan fingerprint density at radius 1 is 1.56 bits per heavy atom. The van der Waals surface area contributed by atoms with Crippen LogP contribution in [0.5, 0.6) is 0 Å². The molecule has 1 unspecified atom stereocenters. The second kappa shape index (κ2) is 4.51. The van der Waals surface area contributed by atoms with Crippen LogP contribution in [0.15, 0.2) is 6.20 Å². The number of hydrogen-bond acceptors (Lipinski definition) is 4. The molecule has 2 rings (SSSR count). The highest BCUT2D eigenvalue weighted by Crippen LogP contribution is 2.29. The van der Waals surface area contributed by atoms with E-state index in [0.29, 0.717) is 5.41 Å². The molecule has 1 N–H and O–H groups in total. The number of hydrogen-bond donors (Lipinski definition) is 1. The largest absolute Gasteiger partial charge is 0.319 e. The van der Waals surface area contributed by atoms with Crippen molar-refractivity contribution in [3.05, 3.63) is 11.9 Å². The van der Waals surface area contributed by atoms with Gasteiger partial charge in [-0.25, -0.2) is 0 Å². The highest BCUT2D eigenvalue weighted by Gasteiger charge is 2.33. The van der Waals surface area contributed by atoms with Gasteiger partial charge in [0.15, 0.2) is 0 Å². The van der Waals surface area contributed by atoms with Crippen molar-refractivity contribution >= 4 is 0 Å². The van der Waals surface area contributed by atoms with Crippen LogP contribution >= 0.6 is 0 Å². The Balaban J connectivity index is 1.89. The van der Waals surface area contributed by atoms with Gasteiger partial charge in [0.2, 0.25) is 0 Å². The zero-order valence-corrected chi connectivity index (χ0v) is 10.4. The van der Waals surface area contributed by atoms with E-state index in [0.717, 1.165) is 31.9 Å². The van der Waals surface area contributed by atoms with E-state index < -0.39 is 0 Å². The van der Waals surface area contributed by atoms with Crippen LogP contribution in [0.3, 0.4) is 0 Å². The summed E-state index contributed by atoms with van der Waals surface area (Å²) >= 11 is 0. The van der Waals surface area contributed by atoms with Crippen molar-refractivity contribution in [1.82, 2.24) is 25.2 Å². The average molecular weight is 223 g/mol. The van der Waals surface area contributed by atoms with Crippen LogP contribution in [0, 0.1) is 5.41 Å².